The SMILES string of the molecule is CC1(COC(=O)CCCCCCCCC(=O)OCC2(C)CC=CC2=O)CC=CC1=O. The van der Waals surface area contributed by atoms with Crippen LogP contribution in [0.25, 0.3) is 0 Å². The Labute approximate surface area is 179 Å². The Bertz CT molecular complexity index is 646. The predicted octanol–water partition coefficient (Wildman–Crippen LogP) is 4.26. The van der Waals surface area contributed by atoms with Crippen LogP contribution in [-0.2, 0) is 28.7 Å². The molecule has 2 aliphatic rings. The third-order valence-electron chi connectivity index (χ3n) is 5.98. The number of rotatable bonds is 13. The monoisotopic (exact) mass is 418 g/mol. The molecule has 0 bridgehead atoms. The topological polar surface area (TPSA) is 86.7 Å². The molecule has 2 rings (SSSR count). The second-order valence-electron chi connectivity index (χ2n) is 9.01. The minimum Gasteiger partial charge on any atom is -0.465 e. The van der Waals surface area contributed by atoms with Crippen LogP contribution in [0.15, 0.2) is 24.3 Å². The quantitative estimate of drug-likeness (QED) is 0.328. The van der Waals surface area contributed by atoms with Gasteiger partial charge < -0.3 is 9.47 Å². The third-order valence-corrected chi connectivity index (χ3v) is 5.98. The van der Waals surface area contributed by atoms with Crippen molar-refractivity contribution in [1.82, 2.24) is 0 Å². The number of unbranched alkanes of at least 4 members (excludes halogenated alkanes) is 5. The Hall–Kier alpha value is -2.24. The maximum atomic E-state index is 11.8. The largest absolute Gasteiger partial charge is 0.465 e. The van der Waals surface area contributed by atoms with Gasteiger partial charge in [0.1, 0.15) is 13.2 Å². The summed E-state index contributed by atoms with van der Waals surface area (Å²) in [6, 6.07) is 0. The van der Waals surface area contributed by atoms with Crippen LogP contribution in [0.5, 0.6) is 0 Å². The van der Waals surface area contributed by atoms with Gasteiger partial charge in [-0.05, 0) is 51.7 Å². The summed E-state index contributed by atoms with van der Waals surface area (Å²) in [6.45, 7) is 3.95. The van der Waals surface area contributed by atoms with Crippen molar-refractivity contribution in [3.8, 4) is 0 Å². The fraction of sp³-hybridized carbons (Fsp3) is 0.667. The van der Waals surface area contributed by atoms with E-state index in [0.29, 0.717) is 25.7 Å². The van der Waals surface area contributed by atoms with Gasteiger partial charge in [0, 0.05) is 12.8 Å². The first kappa shape index (κ1) is 24.0. The molecule has 0 aromatic heterocycles. The van der Waals surface area contributed by atoms with Crippen LogP contribution < -0.4 is 0 Å². The molecule has 6 heteroatoms. The van der Waals surface area contributed by atoms with E-state index in [1.54, 1.807) is 12.2 Å². The van der Waals surface area contributed by atoms with E-state index in [4.69, 9.17) is 9.47 Å². The van der Waals surface area contributed by atoms with E-state index in [-0.39, 0.29) is 36.7 Å². The van der Waals surface area contributed by atoms with Crippen molar-refractivity contribution in [2.45, 2.75) is 78.1 Å². The van der Waals surface area contributed by atoms with Gasteiger partial charge in [-0.2, -0.15) is 0 Å². The van der Waals surface area contributed by atoms with E-state index < -0.39 is 10.8 Å². The molecule has 0 radical (unpaired) electrons. The summed E-state index contributed by atoms with van der Waals surface area (Å²) in [5.74, 6) is -0.443. The van der Waals surface area contributed by atoms with Gasteiger partial charge in [-0.3, -0.25) is 19.2 Å². The lowest BCUT2D eigenvalue weighted by atomic mass is 9.88. The van der Waals surface area contributed by atoms with Crippen LogP contribution in [0.1, 0.15) is 78.1 Å². The molecule has 30 heavy (non-hydrogen) atoms. The van der Waals surface area contributed by atoms with Crippen molar-refractivity contribution in [2.24, 2.45) is 10.8 Å². The lowest BCUT2D eigenvalue weighted by molar-refractivity contribution is -0.149. The molecule has 6 nitrogen and oxygen atoms in total. The summed E-state index contributed by atoms with van der Waals surface area (Å²) in [6.07, 6.45) is 14.2. The summed E-state index contributed by atoms with van der Waals surface area (Å²) in [7, 11) is 0. The zero-order chi connectivity index (χ0) is 22.0. The summed E-state index contributed by atoms with van der Waals surface area (Å²) < 4.78 is 10.5. The molecule has 0 amide bonds. The molecule has 0 aliphatic heterocycles. The minimum absolute atomic E-state index is 0.0254. The molecule has 2 aliphatic carbocycles. The Morgan fingerprint density at radius 3 is 1.43 bits per heavy atom. The molecule has 0 aromatic rings. The van der Waals surface area contributed by atoms with E-state index in [2.05, 4.69) is 0 Å². The maximum absolute atomic E-state index is 11.8. The van der Waals surface area contributed by atoms with Gasteiger partial charge in [0.2, 0.25) is 0 Å². The van der Waals surface area contributed by atoms with Gasteiger partial charge in [0.05, 0.1) is 10.8 Å². The van der Waals surface area contributed by atoms with Gasteiger partial charge in [-0.15, -0.1) is 0 Å². The van der Waals surface area contributed by atoms with Crippen LogP contribution in [0.3, 0.4) is 0 Å². The molecule has 2 unspecified atom stereocenters. The Morgan fingerprint density at radius 2 is 1.10 bits per heavy atom. The molecule has 0 heterocycles. The molecule has 0 saturated heterocycles. The molecule has 0 N–H and O–H groups in total. The molecule has 0 spiro atoms. The number of hydrogen-bond acceptors (Lipinski definition) is 6. The summed E-state index contributed by atoms with van der Waals surface area (Å²) in [4.78, 5) is 47.1. The molecule has 0 saturated carbocycles. The van der Waals surface area contributed by atoms with Crippen molar-refractivity contribution >= 4 is 23.5 Å². The van der Waals surface area contributed by atoms with Crippen molar-refractivity contribution in [1.29, 1.82) is 0 Å². The molecule has 0 fully saturated rings. The standard InChI is InChI=1S/C24H34O6/c1-23(15-9-11-19(23)25)17-29-21(27)13-7-5-3-4-6-8-14-22(28)30-18-24(2)16-10-12-20(24)26/h9-12H,3-8,13-18H2,1-2H3. The number of hydrogen-bond donors (Lipinski definition) is 0. The normalized spacial score (nSPS) is 25.1. The van der Waals surface area contributed by atoms with Gasteiger partial charge in [0.25, 0.3) is 0 Å². The van der Waals surface area contributed by atoms with Crippen molar-refractivity contribution in [3.05, 3.63) is 24.3 Å². The summed E-state index contributed by atoms with van der Waals surface area (Å²) in [5, 5.41) is 0. The zero-order valence-electron chi connectivity index (χ0n) is 18.2. The highest BCUT2D eigenvalue weighted by Gasteiger charge is 2.36. The minimum atomic E-state index is -0.585. The van der Waals surface area contributed by atoms with E-state index in [1.807, 2.05) is 26.0 Å². The third kappa shape index (κ3) is 7.22. The number of carbonyl (C=O) groups excluding carboxylic acids is 4. The molecular formula is C24H34O6. The van der Waals surface area contributed by atoms with Gasteiger partial charge >= 0.3 is 11.9 Å². The average molecular weight is 419 g/mol. The van der Waals surface area contributed by atoms with Crippen molar-refractivity contribution in [2.75, 3.05) is 13.2 Å². The highest BCUT2D eigenvalue weighted by Crippen LogP contribution is 2.30. The predicted molar refractivity (Wildman–Crippen MR) is 113 cm³/mol. The Morgan fingerprint density at radius 1 is 0.733 bits per heavy atom. The van der Waals surface area contributed by atoms with E-state index >= 15 is 0 Å². The first-order valence-corrected chi connectivity index (χ1v) is 11.0. The number of ether oxygens (including phenoxy) is 2. The lowest BCUT2D eigenvalue weighted by Gasteiger charge is -2.21. The molecular weight excluding hydrogens is 384 g/mol. The smallest absolute Gasteiger partial charge is 0.305 e. The van der Waals surface area contributed by atoms with E-state index in [0.717, 1.165) is 38.5 Å². The molecule has 0 aromatic carbocycles. The van der Waals surface area contributed by atoms with Crippen LogP contribution in [0.4, 0.5) is 0 Å². The summed E-state index contributed by atoms with van der Waals surface area (Å²) in [5.41, 5.74) is -1.17. The van der Waals surface area contributed by atoms with Crippen LogP contribution >= 0.6 is 0 Å². The summed E-state index contributed by atoms with van der Waals surface area (Å²) >= 11 is 0. The number of carbonyl (C=O) groups is 4. The lowest BCUT2D eigenvalue weighted by Crippen LogP contribution is -2.29. The van der Waals surface area contributed by atoms with Crippen LogP contribution in [-0.4, -0.2) is 36.7 Å². The van der Waals surface area contributed by atoms with Crippen molar-refractivity contribution < 1.29 is 28.7 Å². The second-order valence-corrected chi connectivity index (χ2v) is 9.01. The van der Waals surface area contributed by atoms with Crippen molar-refractivity contribution in [3.63, 3.8) is 0 Å². The maximum Gasteiger partial charge on any atom is 0.305 e. The fourth-order valence-electron chi connectivity index (χ4n) is 3.59. The number of allylic oxidation sites excluding steroid dienone is 4. The first-order valence-electron chi connectivity index (χ1n) is 11.0. The molecule has 166 valence electrons. The zero-order valence-corrected chi connectivity index (χ0v) is 18.2. The average Bonchev–Trinajstić information content (AvgIpc) is 3.22. The van der Waals surface area contributed by atoms with Gasteiger partial charge in [0.15, 0.2) is 11.6 Å². The number of ketones is 2. The van der Waals surface area contributed by atoms with Crippen LogP contribution in [0, 0.1) is 10.8 Å². The van der Waals surface area contributed by atoms with E-state index in [1.165, 1.54) is 0 Å². The highest BCUT2D eigenvalue weighted by molar-refractivity contribution is 5.97. The van der Waals surface area contributed by atoms with Gasteiger partial charge in [-0.25, -0.2) is 0 Å². The Kier molecular flexibility index (Phi) is 9.00. The van der Waals surface area contributed by atoms with Crippen LogP contribution in [0.2, 0.25) is 0 Å². The second kappa shape index (κ2) is 11.2. The fourth-order valence-corrected chi connectivity index (χ4v) is 3.59. The number of esters is 2. The van der Waals surface area contributed by atoms with Gasteiger partial charge in [-0.1, -0.05) is 37.8 Å². The van der Waals surface area contributed by atoms with E-state index in [9.17, 15) is 19.2 Å². The Balaban J connectivity index is 1.42. The molecule has 2 atom stereocenters. The first-order chi connectivity index (χ1) is 14.3. The highest BCUT2D eigenvalue weighted by atomic mass is 16.5.